The Bertz CT molecular complexity index is 1070. The highest BCUT2D eigenvalue weighted by Gasteiger charge is 2.58. The predicted molar refractivity (Wildman–Crippen MR) is 119 cm³/mol. The Morgan fingerprint density at radius 2 is 1.21 bits per heavy atom. The van der Waals surface area contributed by atoms with E-state index >= 15 is 0 Å². The molecule has 7 nitrogen and oxygen atoms in total. The van der Waals surface area contributed by atoms with Crippen molar-refractivity contribution in [3.05, 3.63) is 70.8 Å². The van der Waals surface area contributed by atoms with Gasteiger partial charge in [-0.25, -0.2) is 0 Å². The van der Waals surface area contributed by atoms with E-state index in [1.54, 1.807) is 24.3 Å². The van der Waals surface area contributed by atoms with E-state index in [-0.39, 0.29) is 23.7 Å². The van der Waals surface area contributed by atoms with Crippen molar-refractivity contribution in [3.63, 3.8) is 0 Å². The number of ether oxygens (including phenoxy) is 3. The van der Waals surface area contributed by atoms with Crippen LogP contribution in [0.4, 0.5) is 0 Å². The summed E-state index contributed by atoms with van der Waals surface area (Å²) < 4.78 is 17.4. The van der Waals surface area contributed by atoms with E-state index in [4.69, 9.17) is 14.2 Å². The molecule has 7 heteroatoms. The lowest BCUT2D eigenvalue weighted by Crippen LogP contribution is -2.36. The number of aliphatic hydroxyl groups is 2. The van der Waals surface area contributed by atoms with Crippen LogP contribution in [0, 0.1) is 0 Å². The van der Waals surface area contributed by atoms with Gasteiger partial charge >= 0.3 is 0 Å². The Morgan fingerprint density at radius 3 is 1.67 bits per heavy atom. The van der Waals surface area contributed by atoms with Crippen molar-refractivity contribution in [2.24, 2.45) is 0 Å². The molecule has 2 aromatic carbocycles. The molecule has 2 aliphatic heterocycles. The minimum atomic E-state index is -1.20. The third kappa shape index (κ3) is 3.31. The summed E-state index contributed by atoms with van der Waals surface area (Å²) >= 11 is 0. The highest BCUT2D eigenvalue weighted by atomic mass is 16.6. The quantitative estimate of drug-likeness (QED) is 0.500. The van der Waals surface area contributed by atoms with Gasteiger partial charge in [0.1, 0.15) is 47.1 Å². The summed E-state index contributed by atoms with van der Waals surface area (Å²) in [7, 11) is 0. The topological polar surface area (TPSA) is 115 Å². The molecule has 2 aromatic rings. The van der Waals surface area contributed by atoms with Gasteiger partial charge in [0, 0.05) is 24.0 Å². The standard InChI is InChI=1S/C26H26O7/c27-19-9-1-7-17-15(19)5-3-11-25(17,29)23-21(32-23)13-31-14-22-24(33-22)26(30)12-4-6-16-18(26)8-2-10-20(16)28/h1-10,21-24,27-30H,11-14H2. The maximum Gasteiger partial charge on any atom is 0.123 e. The lowest BCUT2D eigenvalue weighted by atomic mass is 9.79. The van der Waals surface area contributed by atoms with Crippen molar-refractivity contribution in [2.75, 3.05) is 13.2 Å². The average molecular weight is 450 g/mol. The Balaban J connectivity index is 1.06. The van der Waals surface area contributed by atoms with E-state index in [1.807, 2.05) is 36.4 Å². The Labute approximate surface area is 191 Å². The molecule has 0 amide bonds. The van der Waals surface area contributed by atoms with Crippen LogP contribution in [0.25, 0.3) is 12.2 Å². The highest BCUT2D eigenvalue weighted by Crippen LogP contribution is 2.49. The van der Waals surface area contributed by atoms with Gasteiger partial charge in [-0.05, 0) is 23.3 Å². The number of hydrogen-bond donors (Lipinski definition) is 4. The van der Waals surface area contributed by atoms with Crippen LogP contribution in [-0.2, 0) is 25.4 Å². The first-order valence-electron chi connectivity index (χ1n) is 11.2. The monoisotopic (exact) mass is 450 g/mol. The molecule has 0 saturated carbocycles. The first-order chi connectivity index (χ1) is 15.9. The molecule has 0 bridgehead atoms. The summed E-state index contributed by atoms with van der Waals surface area (Å²) in [6.45, 7) is 0.597. The van der Waals surface area contributed by atoms with Crippen molar-refractivity contribution in [3.8, 4) is 11.5 Å². The number of hydrogen-bond acceptors (Lipinski definition) is 7. The number of rotatable bonds is 6. The molecule has 4 N–H and O–H groups in total. The maximum absolute atomic E-state index is 11.3. The van der Waals surface area contributed by atoms with Crippen molar-refractivity contribution in [1.29, 1.82) is 0 Å². The van der Waals surface area contributed by atoms with Crippen LogP contribution in [0.5, 0.6) is 11.5 Å². The van der Waals surface area contributed by atoms with Gasteiger partial charge in [-0.3, -0.25) is 0 Å². The van der Waals surface area contributed by atoms with E-state index in [9.17, 15) is 20.4 Å². The van der Waals surface area contributed by atoms with Gasteiger partial charge in [0.2, 0.25) is 0 Å². The van der Waals surface area contributed by atoms with Gasteiger partial charge in [-0.2, -0.15) is 0 Å². The zero-order chi connectivity index (χ0) is 22.8. The summed E-state index contributed by atoms with van der Waals surface area (Å²) in [4.78, 5) is 0. The molecule has 2 heterocycles. The lowest BCUT2D eigenvalue weighted by molar-refractivity contribution is 0.00830. The smallest absolute Gasteiger partial charge is 0.123 e. The third-order valence-corrected chi connectivity index (χ3v) is 7.20. The van der Waals surface area contributed by atoms with Crippen molar-refractivity contribution in [1.82, 2.24) is 0 Å². The van der Waals surface area contributed by atoms with Crippen LogP contribution < -0.4 is 0 Å². The molecule has 172 valence electrons. The van der Waals surface area contributed by atoms with Crippen LogP contribution in [0.1, 0.15) is 35.1 Å². The number of phenols is 2. The van der Waals surface area contributed by atoms with Crippen LogP contribution in [0.3, 0.4) is 0 Å². The molecule has 4 aliphatic rings. The second kappa shape index (κ2) is 7.41. The fourth-order valence-electron chi connectivity index (χ4n) is 5.36. The van der Waals surface area contributed by atoms with E-state index < -0.39 is 23.4 Å². The first-order valence-corrected chi connectivity index (χ1v) is 11.2. The summed E-state index contributed by atoms with van der Waals surface area (Å²) in [6, 6.07) is 10.3. The first kappa shape index (κ1) is 20.9. The molecule has 0 spiro atoms. The molecule has 0 radical (unpaired) electrons. The Morgan fingerprint density at radius 1 is 0.758 bits per heavy atom. The maximum atomic E-state index is 11.3. The molecule has 0 aromatic heterocycles. The van der Waals surface area contributed by atoms with E-state index in [1.165, 1.54) is 0 Å². The van der Waals surface area contributed by atoms with E-state index in [0.29, 0.717) is 48.3 Å². The van der Waals surface area contributed by atoms with Gasteiger partial charge in [0.25, 0.3) is 0 Å². The molecular weight excluding hydrogens is 424 g/mol. The summed E-state index contributed by atoms with van der Waals surface area (Å²) in [5.41, 5.74) is 0.166. The minimum Gasteiger partial charge on any atom is -0.507 e. The number of aromatic hydroxyl groups is 2. The lowest BCUT2D eigenvalue weighted by Gasteiger charge is -2.31. The van der Waals surface area contributed by atoms with Crippen LogP contribution >= 0.6 is 0 Å². The summed E-state index contributed by atoms with van der Waals surface area (Å²) in [5, 5.41) is 42.9. The summed E-state index contributed by atoms with van der Waals surface area (Å²) in [5.74, 6) is 0.273. The molecule has 2 aliphatic carbocycles. The van der Waals surface area contributed by atoms with Gasteiger partial charge in [0.15, 0.2) is 0 Å². The Hall–Kier alpha value is -2.68. The van der Waals surface area contributed by atoms with Gasteiger partial charge < -0.3 is 34.6 Å². The second-order valence-electron chi connectivity index (χ2n) is 9.27. The highest BCUT2D eigenvalue weighted by molar-refractivity contribution is 5.66. The molecule has 33 heavy (non-hydrogen) atoms. The molecule has 6 rings (SSSR count). The van der Waals surface area contributed by atoms with Gasteiger partial charge in [0.05, 0.1) is 13.2 Å². The van der Waals surface area contributed by atoms with Crippen LogP contribution in [0.15, 0.2) is 48.6 Å². The SMILES string of the molecule is Oc1cccc2c1C=CCC2(O)C1OC1COCC1OC1C1(O)CC=Cc2c(O)cccc21. The Kier molecular flexibility index (Phi) is 4.69. The van der Waals surface area contributed by atoms with Crippen molar-refractivity contribution >= 4 is 12.2 Å². The number of benzene rings is 2. The molecule has 6 unspecified atom stereocenters. The largest absolute Gasteiger partial charge is 0.507 e. The summed E-state index contributed by atoms with van der Waals surface area (Å²) in [6.07, 6.45) is 6.80. The van der Waals surface area contributed by atoms with Crippen molar-refractivity contribution in [2.45, 2.75) is 48.5 Å². The third-order valence-electron chi connectivity index (χ3n) is 7.20. The zero-order valence-corrected chi connectivity index (χ0v) is 17.9. The normalized spacial score (nSPS) is 35.7. The molecule has 2 saturated heterocycles. The average Bonchev–Trinajstić information content (AvgIpc) is 3.72. The van der Waals surface area contributed by atoms with Crippen LogP contribution in [0.2, 0.25) is 0 Å². The fraction of sp³-hybridized carbons (Fsp3) is 0.385. The predicted octanol–water partition coefficient (Wildman–Crippen LogP) is 2.56. The molecular formula is C26H26O7. The van der Waals surface area contributed by atoms with Gasteiger partial charge in [-0.15, -0.1) is 0 Å². The molecule has 6 atom stereocenters. The zero-order valence-electron chi connectivity index (χ0n) is 17.9. The van der Waals surface area contributed by atoms with Gasteiger partial charge in [-0.1, -0.05) is 48.6 Å². The molecule has 2 fully saturated rings. The second-order valence-corrected chi connectivity index (χ2v) is 9.27. The van der Waals surface area contributed by atoms with E-state index in [0.717, 1.165) is 0 Å². The van der Waals surface area contributed by atoms with Crippen molar-refractivity contribution < 1.29 is 34.6 Å². The fourth-order valence-corrected chi connectivity index (χ4v) is 5.36. The van der Waals surface area contributed by atoms with E-state index in [2.05, 4.69) is 0 Å². The number of fused-ring (bicyclic) bond motifs is 2. The minimum absolute atomic E-state index is 0.137. The number of epoxide rings is 2. The number of phenolic OH excluding ortho intramolecular Hbond substituents is 2. The van der Waals surface area contributed by atoms with Crippen LogP contribution in [-0.4, -0.2) is 58.1 Å².